The van der Waals surface area contributed by atoms with Crippen LogP contribution in [-0.4, -0.2) is 18.6 Å². The maximum atomic E-state index is 10.7. The van der Waals surface area contributed by atoms with Crippen molar-refractivity contribution in [2.75, 3.05) is 13.7 Å². The van der Waals surface area contributed by atoms with Crippen molar-refractivity contribution in [3.63, 3.8) is 0 Å². The third kappa shape index (κ3) is 2.97. The van der Waals surface area contributed by atoms with Crippen LogP contribution in [0.25, 0.3) is 0 Å². The lowest BCUT2D eigenvalue weighted by Gasteiger charge is -2.14. The van der Waals surface area contributed by atoms with Gasteiger partial charge in [0.1, 0.15) is 16.4 Å². The van der Waals surface area contributed by atoms with Crippen molar-refractivity contribution in [1.29, 1.82) is 0 Å². The summed E-state index contributed by atoms with van der Waals surface area (Å²) in [6.45, 7) is 2.53. The van der Waals surface area contributed by atoms with Gasteiger partial charge in [0.2, 0.25) is 0 Å². The molecule has 0 fully saturated rings. The predicted octanol–water partition coefficient (Wildman–Crippen LogP) is 2.90. The Morgan fingerprint density at radius 2 is 2.00 bits per heavy atom. The molecule has 0 radical (unpaired) electrons. The molecule has 1 N–H and O–H groups in total. The average Bonchev–Trinajstić information content (AvgIpc) is 2.92. The van der Waals surface area contributed by atoms with Gasteiger partial charge in [-0.15, -0.1) is 0 Å². The molecule has 1 heterocycles. The SMILES string of the molecule is CCOc1ccc(C(NC)c2ccc([N+](=O)[O-])o2)cc1. The number of hydrogen-bond acceptors (Lipinski definition) is 5. The fraction of sp³-hybridized carbons (Fsp3) is 0.286. The third-order valence-corrected chi connectivity index (χ3v) is 2.89. The number of benzene rings is 1. The standard InChI is InChI=1S/C14H16N2O4/c1-3-19-11-6-4-10(5-7-11)14(15-2)12-8-9-13(20-12)16(17)18/h4-9,14-15H,3H2,1-2H3. The first-order valence-electron chi connectivity index (χ1n) is 6.29. The Morgan fingerprint density at radius 1 is 1.30 bits per heavy atom. The number of nitro groups is 1. The molecule has 2 rings (SSSR count). The minimum Gasteiger partial charge on any atom is -0.494 e. The van der Waals surface area contributed by atoms with Crippen molar-refractivity contribution in [2.45, 2.75) is 13.0 Å². The summed E-state index contributed by atoms with van der Waals surface area (Å²) in [6, 6.07) is 10.3. The van der Waals surface area contributed by atoms with Crippen LogP contribution in [0, 0.1) is 10.1 Å². The van der Waals surface area contributed by atoms with E-state index in [1.807, 2.05) is 31.2 Å². The highest BCUT2D eigenvalue weighted by Gasteiger charge is 2.20. The quantitative estimate of drug-likeness (QED) is 0.648. The molecule has 0 aliphatic rings. The van der Waals surface area contributed by atoms with Crippen molar-refractivity contribution in [3.8, 4) is 5.75 Å². The third-order valence-electron chi connectivity index (χ3n) is 2.89. The van der Waals surface area contributed by atoms with E-state index >= 15 is 0 Å². The van der Waals surface area contributed by atoms with Crippen molar-refractivity contribution >= 4 is 5.88 Å². The van der Waals surface area contributed by atoms with E-state index in [0.717, 1.165) is 11.3 Å². The summed E-state index contributed by atoms with van der Waals surface area (Å²) in [7, 11) is 1.77. The van der Waals surface area contributed by atoms with Crippen LogP contribution in [0.1, 0.15) is 24.3 Å². The molecule has 0 spiro atoms. The van der Waals surface area contributed by atoms with Gasteiger partial charge >= 0.3 is 5.88 Å². The van der Waals surface area contributed by atoms with Gasteiger partial charge < -0.3 is 14.5 Å². The largest absolute Gasteiger partial charge is 0.494 e. The molecule has 6 nitrogen and oxygen atoms in total. The first-order chi connectivity index (χ1) is 9.65. The zero-order valence-corrected chi connectivity index (χ0v) is 11.3. The molecule has 0 amide bonds. The van der Waals surface area contributed by atoms with Gasteiger partial charge in [-0.2, -0.15) is 0 Å². The molecule has 0 bridgehead atoms. The van der Waals surface area contributed by atoms with Crippen molar-refractivity contribution in [3.05, 3.63) is 57.8 Å². The van der Waals surface area contributed by atoms with E-state index in [2.05, 4.69) is 5.32 Å². The minimum absolute atomic E-state index is 0.237. The Hall–Kier alpha value is -2.34. The fourth-order valence-electron chi connectivity index (χ4n) is 1.99. The summed E-state index contributed by atoms with van der Waals surface area (Å²) >= 11 is 0. The molecule has 1 unspecified atom stereocenters. The van der Waals surface area contributed by atoms with Gasteiger partial charge in [0.25, 0.3) is 0 Å². The first kappa shape index (κ1) is 14.1. The molecule has 0 saturated carbocycles. The van der Waals surface area contributed by atoms with E-state index in [1.165, 1.54) is 6.07 Å². The van der Waals surface area contributed by atoms with Gasteiger partial charge in [-0.1, -0.05) is 12.1 Å². The fourth-order valence-corrected chi connectivity index (χ4v) is 1.99. The van der Waals surface area contributed by atoms with Crippen LogP contribution in [0.4, 0.5) is 5.88 Å². The van der Waals surface area contributed by atoms with E-state index in [0.29, 0.717) is 12.4 Å². The summed E-state index contributed by atoms with van der Waals surface area (Å²) in [4.78, 5) is 10.1. The molecule has 106 valence electrons. The highest BCUT2D eigenvalue weighted by molar-refractivity contribution is 5.34. The lowest BCUT2D eigenvalue weighted by molar-refractivity contribution is -0.402. The molecule has 20 heavy (non-hydrogen) atoms. The summed E-state index contributed by atoms with van der Waals surface area (Å²) in [5.74, 6) is 1.03. The second-order valence-electron chi connectivity index (χ2n) is 4.16. The Kier molecular flexibility index (Phi) is 4.37. The van der Waals surface area contributed by atoms with E-state index in [1.54, 1.807) is 13.1 Å². The molecule has 6 heteroatoms. The van der Waals surface area contributed by atoms with E-state index < -0.39 is 4.92 Å². The van der Waals surface area contributed by atoms with Crippen LogP contribution in [-0.2, 0) is 0 Å². The second-order valence-corrected chi connectivity index (χ2v) is 4.16. The second kappa shape index (κ2) is 6.21. The van der Waals surface area contributed by atoms with Crippen molar-refractivity contribution in [1.82, 2.24) is 5.32 Å². The number of furan rings is 1. The molecule has 0 aliphatic carbocycles. The molecule has 1 aromatic carbocycles. The predicted molar refractivity (Wildman–Crippen MR) is 73.9 cm³/mol. The monoisotopic (exact) mass is 276 g/mol. The highest BCUT2D eigenvalue weighted by atomic mass is 16.6. The van der Waals surface area contributed by atoms with Crippen LogP contribution >= 0.6 is 0 Å². The number of ether oxygens (including phenoxy) is 1. The Bertz CT molecular complexity index is 577. The summed E-state index contributed by atoms with van der Waals surface area (Å²) in [5, 5.41) is 13.7. The Morgan fingerprint density at radius 3 is 2.50 bits per heavy atom. The van der Waals surface area contributed by atoms with Crippen molar-refractivity contribution in [2.24, 2.45) is 0 Å². The van der Waals surface area contributed by atoms with Gasteiger partial charge in [0, 0.05) is 0 Å². The van der Waals surface area contributed by atoms with E-state index in [-0.39, 0.29) is 11.9 Å². The number of nitrogens with zero attached hydrogens (tertiary/aromatic N) is 1. The summed E-state index contributed by atoms with van der Waals surface area (Å²) < 4.78 is 10.6. The molecule has 0 saturated heterocycles. The average molecular weight is 276 g/mol. The molecule has 0 aliphatic heterocycles. The lowest BCUT2D eigenvalue weighted by Crippen LogP contribution is -2.16. The summed E-state index contributed by atoms with van der Waals surface area (Å²) in [5.41, 5.74) is 0.945. The molecular formula is C14H16N2O4. The van der Waals surface area contributed by atoms with Gasteiger partial charge in [-0.25, -0.2) is 0 Å². The summed E-state index contributed by atoms with van der Waals surface area (Å²) in [6.07, 6.45) is 0. The zero-order chi connectivity index (χ0) is 14.5. The van der Waals surface area contributed by atoms with Crippen LogP contribution in [0.5, 0.6) is 5.75 Å². The van der Waals surface area contributed by atoms with E-state index in [9.17, 15) is 10.1 Å². The molecular weight excluding hydrogens is 260 g/mol. The molecule has 2 aromatic rings. The Labute approximate surface area is 116 Å². The maximum Gasteiger partial charge on any atom is 0.433 e. The minimum atomic E-state index is -0.547. The van der Waals surface area contributed by atoms with Crippen molar-refractivity contribution < 1.29 is 14.1 Å². The van der Waals surface area contributed by atoms with Gasteiger partial charge in [-0.3, -0.25) is 10.1 Å². The first-order valence-corrected chi connectivity index (χ1v) is 6.29. The van der Waals surface area contributed by atoms with Crippen LogP contribution < -0.4 is 10.1 Å². The maximum absolute atomic E-state index is 10.7. The normalized spacial score (nSPS) is 12.1. The number of rotatable bonds is 6. The number of hydrogen-bond donors (Lipinski definition) is 1. The van der Waals surface area contributed by atoms with Crippen LogP contribution in [0.2, 0.25) is 0 Å². The van der Waals surface area contributed by atoms with E-state index in [4.69, 9.17) is 9.15 Å². The Balaban J connectivity index is 2.24. The van der Waals surface area contributed by atoms with Gasteiger partial charge in [0.05, 0.1) is 18.7 Å². The smallest absolute Gasteiger partial charge is 0.433 e. The molecule has 1 atom stereocenters. The highest BCUT2D eigenvalue weighted by Crippen LogP contribution is 2.27. The van der Waals surface area contributed by atoms with Gasteiger partial charge in [0.15, 0.2) is 0 Å². The molecule has 1 aromatic heterocycles. The number of nitrogens with one attached hydrogen (secondary N) is 1. The topological polar surface area (TPSA) is 77.5 Å². The zero-order valence-electron chi connectivity index (χ0n) is 11.3. The van der Waals surface area contributed by atoms with Gasteiger partial charge in [-0.05, 0) is 37.7 Å². The lowest BCUT2D eigenvalue weighted by atomic mass is 10.0. The van der Waals surface area contributed by atoms with Crippen LogP contribution in [0.15, 0.2) is 40.8 Å². The van der Waals surface area contributed by atoms with Crippen LogP contribution in [0.3, 0.4) is 0 Å².